The van der Waals surface area contributed by atoms with Crippen LogP contribution in [0.5, 0.6) is 0 Å². The fourth-order valence-electron chi connectivity index (χ4n) is 19.3. The van der Waals surface area contributed by atoms with E-state index in [9.17, 15) is 0 Å². The van der Waals surface area contributed by atoms with Crippen LogP contribution in [0, 0.1) is 27.7 Å². The Hall–Kier alpha value is -17.6. The average Bonchev–Trinajstić information content (AvgIpc) is 0.768. The molecule has 6 heteroatoms. The summed E-state index contributed by atoms with van der Waals surface area (Å²) in [4.78, 5) is 30.4. The zero-order valence-electron chi connectivity index (χ0n) is 75.9. The standard InChI is InChI=1S/C130H92N6/c1-85-69-126(132-82-123(85)90-31-11-6-12-32-90)98-59-49-93(50-60-98)110-37-17-22-42-115(110)103-72-104(116-43-23-20-40-113(116)96-55-65-101(66-56-96)129-78-122(88(4)79-131-129)89-29-9-5-10-30-89)74-105(73-103)119-46-26-21-41-114(119)97-57-67-102(68-58-97)130-135-80-109(81-136-130)121-48-28-27-47-120(121)108-76-106(117-44-24-18-38-111(117)94-51-61-99(62-52-94)127-70-86(2)124(83-133-127)91-33-13-7-14-34-91)75-107(77-108)118-45-25-19-39-112(118)95-53-63-100(64-54-95)128-71-87(3)125(84-134-128)92-35-15-8-16-36-92/h5-84H,1-4H3. The first-order chi connectivity index (χ1) is 67.0. The first-order valence-electron chi connectivity index (χ1n) is 46.4. The van der Waals surface area contributed by atoms with E-state index in [1.807, 2.05) is 37.2 Å². The number of pyridine rings is 4. The molecule has 0 N–H and O–H groups in total. The maximum atomic E-state index is 5.22. The van der Waals surface area contributed by atoms with Crippen LogP contribution < -0.4 is 0 Å². The molecule has 0 atom stereocenters. The Morgan fingerprint density at radius 1 is 0.110 bits per heavy atom. The molecule has 22 rings (SSSR count). The lowest BCUT2D eigenvalue weighted by Crippen LogP contribution is -1.94. The van der Waals surface area contributed by atoms with Crippen LogP contribution in [0.1, 0.15) is 22.3 Å². The van der Waals surface area contributed by atoms with Gasteiger partial charge in [-0.05, 0) is 266 Å². The number of nitrogens with zero attached hydrogens (tertiary/aromatic N) is 6. The molecule has 5 aromatic heterocycles. The molecule has 0 radical (unpaired) electrons. The van der Waals surface area contributed by atoms with Gasteiger partial charge in [0.15, 0.2) is 5.82 Å². The predicted octanol–water partition coefficient (Wildman–Crippen LogP) is 34.3. The Morgan fingerprint density at radius 3 is 0.537 bits per heavy atom. The Kier molecular flexibility index (Phi) is 23.1. The maximum Gasteiger partial charge on any atom is 0.159 e. The van der Waals surface area contributed by atoms with Crippen molar-refractivity contribution in [3.05, 3.63) is 508 Å². The monoisotopic (exact) mass is 1740 g/mol. The van der Waals surface area contributed by atoms with Gasteiger partial charge in [-0.25, -0.2) is 9.97 Å². The van der Waals surface area contributed by atoms with E-state index in [4.69, 9.17) is 29.9 Å². The van der Waals surface area contributed by atoms with Crippen molar-refractivity contribution in [2.24, 2.45) is 0 Å². The highest BCUT2D eigenvalue weighted by Gasteiger charge is 2.23. The highest BCUT2D eigenvalue weighted by atomic mass is 14.9. The predicted molar refractivity (Wildman–Crippen MR) is 566 cm³/mol. The van der Waals surface area contributed by atoms with Crippen LogP contribution in [0.4, 0.5) is 0 Å². The molecule has 5 heterocycles. The van der Waals surface area contributed by atoms with E-state index in [1.54, 1.807) is 0 Å². The van der Waals surface area contributed by atoms with Crippen LogP contribution >= 0.6 is 0 Å². The Bertz CT molecular complexity index is 7940. The lowest BCUT2D eigenvalue weighted by Gasteiger charge is -2.18. The quantitative estimate of drug-likeness (QED) is 0.0713. The Balaban J connectivity index is 0.595. The molecule has 136 heavy (non-hydrogen) atoms. The molecule has 0 spiro atoms. The van der Waals surface area contributed by atoms with E-state index < -0.39 is 0 Å². The molecule has 0 aliphatic rings. The Morgan fingerprint density at radius 2 is 0.294 bits per heavy atom. The minimum Gasteiger partial charge on any atom is -0.256 e. The lowest BCUT2D eigenvalue weighted by atomic mass is 9.86. The third-order valence-electron chi connectivity index (χ3n) is 26.5. The van der Waals surface area contributed by atoms with Crippen molar-refractivity contribution in [2.75, 3.05) is 0 Å². The Labute approximate surface area is 794 Å². The van der Waals surface area contributed by atoms with Crippen LogP contribution in [-0.4, -0.2) is 29.9 Å². The highest BCUT2D eigenvalue weighted by Crippen LogP contribution is 2.48. The van der Waals surface area contributed by atoms with Crippen molar-refractivity contribution in [1.29, 1.82) is 0 Å². The van der Waals surface area contributed by atoms with E-state index in [1.165, 1.54) is 27.8 Å². The summed E-state index contributed by atoms with van der Waals surface area (Å²) in [5.74, 6) is 0.631. The number of hydrogen-bond donors (Lipinski definition) is 0. The van der Waals surface area contributed by atoms with Crippen LogP contribution in [0.15, 0.2) is 486 Å². The minimum atomic E-state index is 0.631. The van der Waals surface area contributed by atoms with Crippen molar-refractivity contribution in [3.63, 3.8) is 0 Å². The summed E-state index contributed by atoms with van der Waals surface area (Å²) < 4.78 is 0. The summed E-state index contributed by atoms with van der Waals surface area (Å²) in [5, 5.41) is 0. The van der Waals surface area contributed by atoms with Gasteiger partial charge in [0, 0.05) is 87.3 Å². The second kappa shape index (κ2) is 37.4. The number of aromatic nitrogens is 6. The molecule has 0 bridgehead atoms. The summed E-state index contributed by atoms with van der Waals surface area (Å²) >= 11 is 0. The third kappa shape index (κ3) is 17.2. The normalized spacial score (nSPS) is 11.2. The summed E-state index contributed by atoms with van der Waals surface area (Å²) in [5.41, 5.74) is 49.0. The molecule has 22 aromatic rings. The van der Waals surface area contributed by atoms with Gasteiger partial charge >= 0.3 is 0 Å². The minimum absolute atomic E-state index is 0.631. The van der Waals surface area contributed by atoms with Crippen molar-refractivity contribution in [1.82, 2.24) is 29.9 Å². The fraction of sp³-hybridized carbons (Fsp3) is 0.0308. The molecule has 6 nitrogen and oxygen atoms in total. The molecule has 0 amide bonds. The number of hydrogen-bond acceptors (Lipinski definition) is 6. The fourth-order valence-corrected chi connectivity index (χ4v) is 19.3. The zero-order chi connectivity index (χ0) is 91.4. The van der Waals surface area contributed by atoms with Crippen molar-refractivity contribution < 1.29 is 0 Å². The smallest absolute Gasteiger partial charge is 0.159 e. The van der Waals surface area contributed by atoms with Gasteiger partial charge in [-0.1, -0.05) is 388 Å². The van der Waals surface area contributed by atoms with E-state index in [0.717, 1.165) is 223 Å². The molecule has 17 aromatic carbocycles. The summed E-state index contributed by atoms with van der Waals surface area (Å²) in [6.07, 6.45) is 12.0. The van der Waals surface area contributed by atoms with Gasteiger partial charge in [0.1, 0.15) is 0 Å². The van der Waals surface area contributed by atoms with Gasteiger partial charge < -0.3 is 0 Å². The van der Waals surface area contributed by atoms with Gasteiger partial charge in [-0.2, -0.15) is 0 Å². The van der Waals surface area contributed by atoms with Crippen molar-refractivity contribution >= 4 is 0 Å². The largest absolute Gasteiger partial charge is 0.256 e. The van der Waals surface area contributed by atoms with Crippen LogP contribution in [0.3, 0.4) is 0 Å². The molecule has 0 saturated carbocycles. The number of benzene rings is 17. The first kappa shape index (κ1) is 84.0. The molecule has 642 valence electrons. The first-order valence-corrected chi connectivity index (χ1v) is 46.4. The average molecular weight is 1740 g/mol. The number of aryl methyl sites for hydroxylation is 4. The van der Waals surface area contributed by atoms with Gasteiger partial charge in [0.05, 0.1) is 22.8 Å². The summed E-state index contributed by atoms with van der Waals surface area (Å²) in [7, 11) is 0. The van der Waals surface area contributed by atoms with Crippen LogP contribution in [0.2, 0.25) is 0 Å². The molecule has 0 fully saturated rings. The second-order valence-corrected chi connectivity index (χ2v) is 35.1. The van der Waals surface area contributed by atoms with Gasteiger partial charge in [-0.3, -0.25) is 19.9 Å². The van der Waals surface area contributed by atoms with Crippen molar-refractivity contribution in [3.8, 4) is 234 Å². The molecular formula is C130H92N6. The van der Waals surface area contributed by atoms with E-state index in [2.05, 4.69) is 477 Å². The highest BCUT2D eigenvalue weighted by molar-refractivity contribution is 5.98. The maximum absolute atomic E-state index is 5.22. The summed E-state index contributed by atoms with van der Waals surface area (Å²) in [6, 6.07) is 162. The lowest BCUT2D eigenvalue weighted by molar-refractivity contribution is 1.18. The second-order valence-electron chi connectivity index (χ2n) is 35.1. The topological polar surface area (TPSA) is 77.3 Å². The van der Waals surface area contributed by atoms with E-state index in [0.29, 0.717) is 5.82 Å². The van der Waals surface area contributed by atoms with Gasteiger partial charge in [0.2, 0.25) is 0 Å². The molecule has 0 saturated heterocycles. The van der Waals surface area contributed by atoms with Crippen LogP contribution in [0.25, 0.3) is 234 Å². The summed E-state index contributed by atoms with van der Waals surface area (Å²) in [6.45, 7) is 8.63. The number of rotatable bonds is 21. The van der Waals surface area contributed by atoms with Gasteiger partial charge in [-0.15, -0.1) is 0 Å². The zero-order valence-corrected chi connectivity index (χ0v) is 75.9. The van der Waals surface area contributed by atoms with E-state index in [-0.39, 0.29) is 0 Å². The SMILES string of the molecule is Cc1cc(-c2ccc(-c3ccccc3-c3cc(-c4ccccc4-c4ccc(-c5cc(-c6ccccc6)c(C)cn5)cc4)cc(-c4ccccc4-c4ccc(-c5ncc(-c6ccccc6-c6cc(-c7ccccc7-c7ccc(-c8cc(C)c(-c9ccccc9)cn8)cc7)cc(-c7ccccc7-c7ccc(-c8cc(C)c(-c9ccccc9)cn8)cc7)c6)cn5)cc4)c3)cc2)ncc1-c1ccccc1. The molecule has 0 aliphatic heterocycles. The van der Waals surface area contributed by atoms with Crippen LogP contribution in [-0.2, 0) is 0 Å². The molecular weight excluding hydrogens is 1650 g/mol. The van der Waals surface area contributed by atoms with Gasteiger partial charge in [0.25, 0.3) is 0 Å². The molecule has 0 aliphatic carbocycles. The third-order valence-corrected chi connectivity index (χ3v) is 26.5. The molecule has 0 unspecified atom stereocenters. The van der Waals surface area contributed by atoms with E-state index >= 15 is 0 Å². The van der Waals surface area contributed by atoms with Crippen molar-refractivity contribution in [2.45, 2.75) is 27.7 Å².